The second-order valence-electron chi connectivity index (χ2n) is 5.39. The van der Waals surface area contributed by atoms with Gasteiger partial charge in [0.15, 0.2) is 0 Å². The van der Waals surface area contributed by atoms with E-state index in [1.54, 1.807) is 0 Å². The van der Waals surface area contributed by atoms with Gasteiger partial charge < -0.3 is 10.3 Å². The van der Waals surface area contributed by atoms with Crippen molar-refractivity contribution in [2.75, 3.05) is 0 Å². The summed E-state index contributed by atoms with van der Waals surface area (Å²) in [6.45, 7) is 5.32. The van der Waals surface area contributed by atoms with Gasteiger partial charge in [-0.3, -0.25) is 0 Å². The molecule has 0 aromatic carbocycles. The first-order chi connectivity index (χ1) is 7.12. The topological polar surface area (TPSA) is 43.8 Å². The molecule has 3 nitrogen and oxygen atoms in total. The maximum Gasteiger partial charge on any atom is 0.0951 e. The van der Waals surface area contributed by atoms with E-state index in [0.29, 0.717) is 18.0 Å². The highest BCUT2D eigenvalue weighted by atomic mass is 15.1. The molecule has 0 saturated heterocycles. The molecule has 1 fully saturated rings. The Morgan fingerprint density at radius 1 is 1.47 bits per heavy atom. The number of hydrogen-bond acceptors (Lipinski definition) is 2. The van der Waals surface area contributed by atoms with Crippen LogP contribution < -0.4 is 5.73 Å². The monoisotopic (exact) mass is 207 g/mol. The predicted molar refractivity (Wildman–Crippen MR) is 61.4 cm³/mol. The van der Waals surface area contributed by atoms with Crippen LogP contribution in [0.25, 0.3) is 0 Å². The van der Waals surface area contributed by atoms with E-state index in [-0.39, 0.29) is 0 Å². The van der Waals surface area contributed by atoms with Crippen LogP contribution in [0.2, 0.25) is 0 Å². The lowest BCUT2D eigenvalue weighted by atomic mass is 9.75. The molecule has 3 heteroatoms. The van der Waals surface area contributed by atoms with Crippen LogP contribution in [0, 0.1) is 5.41 Å². The molecule has 0 bridgehead atoms. The minimum absolute atomic E-state index is 0.528. The number of nitrogens with zero attached hydrogens (tertiary/aromatic N) is 2. The van der Waals surface area contributed by atoms with Gasteiger partial charge in [0, 0.05) is 18.8 Å². The second-order valence-corrected chi connectivity index (χ2v) is 5.39. The maximum atomic E-state index is 5.69. The normalized spacial score (nSPS) is 21.8. The van der Waals surface area contributed by atoms with E-state index in [1.807, 2.05) is 12.5 Å². The number of imidazole rings is 1. The highest BCUT2D eigenvalue weighted by Gasteiger charge is 2.28. The standard InChI is InChI=1S/C12H21N3/c1-12(2)5-3-10(4-6-12)15-9-14-8-11(15)7-13/h8-10H,3-7,13H2,1-2H3. The van der Waals surface area contributed by atoms with E-state index in [1.165, 1.54) is 31.4 Å². The van der Waals surface area contributed by atoms with Crippen LogP contribution in [-0.2, 0) is 6.54 Å². The Balaban J connectivity index is 2.07. The van der Waals surface area contributed by atoms with Crippen molar-refractivity contribution in [1.29, 1.82) is 0 Å². The molecule has 0 unspecified atom stereocenters. The van der Waals surface area contributed by atoms with Crippen molar-refractivity contribution < 1.29 is 0 Å². The first-order valence-electron chi connectivity index (χ1n) is 5.83. The number of aromatic nitrogens is 2. The highest BCUT2D eigenvalue weighted by molar-refractivity contribution is 5.00. The zero-order valence-corrected chi connectivity index (χ0v) is 9.74. The van der Waals surface area contributed by atoms with Crippen molar-refractivity contribution in [3.63, 3.8) is 0 Å². The molecule has 0 atom stereocenters. The molecule has 0 radical (unpaired) electrons. The van der Waals surface area contributed by atoms with Crippen LogP contribution in [-0.4, -0.2) is 9.55 Å². The summed E-state index contributed by atoms with van der Waals surface area (Å²) in [4.78, 5) is 4.19. The molecule has 0 amide bonds. The van der Waals surface area contributed by atoms with Gasteiger partial charge in [-0.25, -0.2) is 4.98 Å². The van der Waals surface area contributed by atoms with Crippen molar-refractivity contribution in [1.82, 2.24) is 9.55 Å². The van der Waals surface area contributed by atoms with Gasteiger partial charge in [0.1, 0.15) is 0 Å². The molecule has 2 N–H and O–H groups in total. The third kappa shape index (κ3) is 2.23. The molecular weight excluding hydrogens is 186 g/mol. The van der Waals surface area contributed by atoms with Gasteiger partial charge in [-0.1, -0.05) is 13.8 Å². The fourth-order valence-corrected chi connectivity index (χ4v) is 2.48. The van der Waals surface area contributed by atoms with Crippen molar-refractivity contribution in [2.24, 2.45) is 11.1 Å². The lowest BCUT2D eigenvalue weighted by molar-refractivity contribution is 0.192. The molecule has 2 rings (SSSR count). The fourth-order valence-electron chi connectivity index (χ4n) is 2.48. The molecule has 15 heavy (non-hydrogen) atoms. The minimum Gasteiger partial charge on any atom is -0.330 e. The van der Waals surface area contributed by atoms with Crippen molar-refractivity contribution >= 4 is 0 Å². The summed E-state index contributed by atoms with van der Waals surface area (Å²) in [5.74, 6) is 0. The Morgan fingerprint density at radius 2 is 2.13 bits per heavy atom. The summed E-state index contributed by atoms with van der Waals surface area (Å²) in [7, 11) is 0. The zero-order valence-electron chi connectivity index (χ0n) is 9.74. The van der Waals surface area contributed by atoms with Crippen molar-refractivity contribution in [2.45, 2.75) is 52.1 Å². The van der Waals surface area contributed by atoms with E-state index in [9.17, 15) is 0 Å². The summed E-state index contributed by atoms with van der Waals surface area (Å²) in [6, 6.07) is 0.624. The van der Waals surface area contributed by atoms with Crippen LogP contribution in [0.1, 0.15) is 51.3 Å². The van der Waals surface area contributed by atoms with E-state index in [2.05, 4.69) is 23.4 Å². The Morgan fingerprint density at radius 3 is 2.73 bits per heavy atom. The lowest BCUT2D eigenvalue weighted by Crippen LogP contribution is -2.24. The summed E-state index contributed by atoms with van der Waals surface area (Å²) in [6.07, 6.45) is 8.96. The molecular formula is C12H21N3. The van der Waals surface area contributed by atoms with Crippen molar-refractivity contribution in [3.8, 4) is 0 Å². The average molecular weight is 207 g/mol. The predicted octanol–water partition coefficient (Wildman–Crippen LogP) is 2.48. The van der Waals surface area contributed by atoms with Gasteiger partial charge >= 0.3 is 0 Å². The highest BCUT2D eigenvalue weighted by Crippen LogP contribution is 2.40. The maximum absolute atomic E-state index is 5.69. The van der Waals surface area contributed by atoms with E-state index in [4.69, 9.17) is 5.73 Å². The van der Waals surface area contributed by atoms with Crippen LogP contribution in [0.15, 0.2) is 12.5 Å². The van der Waals surface area contributed by atoms with Gasteiger partial charge in [0.25, 0.3) is 0 Å². The first-order valence-corrected chi connectivity index (χ1v) is 5.83. The average Bonchev–Trinajstić information content (AvgIpc) is 2.65. The smallest absolute Gasteiger partial charge is 0.0951 e. The molecule has 1 heterocycles. The summed E-state index contributed by atoms with van der Waals surface area (Å²) < 4.78 is 2.27. The Kier molecular flexibility index (Phi) is 2.83. The minimum atomic E-state index is 0.528. The zero-order chi connectivity index (χ0) is 10.9. The van der Waals surface area contributed by atoms with E-state index >= 15 is 0 Å². The number of hydrogen-bond donors (Lipinski definition) is 1. The third-order valence-corrected chi connectivity index (χ3v) is 3.66. The number of rotatable bonds is 2. The molecule has 1 aromatic heterocycles. The molecule has 0 aliphatic heterocycles. The SMILES string of the molecule is CC1(C)CCC(n2cncc2CN)CC1. The van der Waals surface area contributed by atoms with Crippen LogP contribution >= 0.6 is 0 Å². The third-order valence-electron chi connectivity index (χ3n) is 3.66. The van der Waals surface area contributed by atoms with Crippen LogP contribution in [0.3, 0.4) is 0 Å². The van der Waals surface area contributed by atoms with Crippen LogP contribution in [0.4, 0.5) is 0 Å². The van der Waals surface area contributed by atoms with Crippen LogP contribution in [0.5, 0.6) is 0 Å². The summed E-state index contributed by atoms with van der Waals surface area (Å²) >= 11 is 0. The molecule has 1 aliphatic rings. The Hall–Kier alpha value is -0.830. The molecule has 84 valence electrons. The quantitative estimate of drug-likeness (QED) is 0.809. The first kappa shape index (κ1) is 10.7. The second kappa shape index (κ2) is 3.97. The molecule has 1 aliphatic carbocycles. The van der Waals surface area contributed by atoms with Gasteiger partial charge in [0.05, 0.1) is 12.0 Å². The molecule has 0 spiro atoms. The Bertz CT molecular complexity index is 317. The molecule has 1 saturated carbocycles. The fraction of sp³-hybridized carbons (Fsp3) is 0.750. The van der Waals surface area contributed by atoms with Crippen molar-refractivity contribution in [3.05, 3.63) is 18.2 Å². The van der Waals surface area contributed by atoms with E-state index in [0.717, 1.165) is 0 Å². The summed E-state index contributed by atoms with van der Waals surface area (Å²) in [5, 5.41) is 0. The molecule has 1 aromatic rings. The van der Waals surface area contributed by atoms with E-state index < -0.39 is 0 Å². The van der Waals surface area contributed by atoms with Gasteiger partial charge in [-0.2, -0.15) is 0 Å². The number of nitrogens with two attached hydrogens (primary N) is 1. The largest absolute Gasteiger partial charge is 0.330 e. The lowest BCUT2D eigenvalue weighted by Gasteiger charge is -2.35. The summed E-state index contributed by atoms with van der Waals surface area (Å²) in [5.41, 5.74) is 7.39. The Labute approximate surface area is 91.7 Å². The van der Waals surface area contributed by atoms with Gasteiger partial charge in [-0.05, 0) is 31.1 Å². The van der Waals surface area contributed by atoms with Gasteiger partial charge in [-0.15, -0.1) is 0 Å². The van der Waals surface area contributed by atoms with Gasteiger partial charge in [0.2, 0.25) is 0 Å².